The van der Waals surface area contributed by atoms with Crippen molar-refractivity contribution in [2.75, 3.05) is 20.2 Å². The summed E-state index contributed by atoms with van der Waals surface area (Å²) in [5.41, 5.74) is 1.15. The van der Waals surface area contributed by atoms with Gasteiger partial charge in [-0.3, -0.25) is 4.79 Å². The molecule has 6 nitrogen and oxygen atoms in total. The Hall–Kier alpha value is -2.34. The highest BCUT2D eigenvalue weighted by molar-refractivity contribution is 5.96. The third kappa shape index (κ3) is 5.06. The quantitative estimate of drug-likeness (QED) is 0.778. The number of carbonyl (C=O) groups excluding carboxylic acids is 2. The molecule has 6 heteroatoms. The standard InChI is InChI=1S/C19H26N2O4/c1-6-24-18(23)17-14(13-9-7-8-10-15(13)25-17)11-21(5)12-16(22)20-19(2,3)4/h7-10H,6,11-12H2,1-5H3,(H,20,22)/p+1. The highest BCUT2D eigenvalue weighted by Gasteiger charge is 2.25. The number of rotatable bonds is 6. The molecule has 1 unspecified atom stereocenters. The normalized spacial score (nSPS) is 12.8. The maximum atomic E-state index is 12.2. The summed E-state index contributed by atoms with van der Waals surface area (Å²) in [5.74, 6) is -0.283. The molecule has 1 aromatic heterocycles. The molecular weight excluding hydrogens is 320 g/mol. The van der Waals surface area contributed by atoms with E-state index in [0.29, 0.717) is 18.7 Å². The number of hydrogen-bond acceptors (Lipinski definition) is 4. The van der Waals surface area contributed by atoms with Gasteiger partial charge in [-0.2, -0.15) is 0 Å². The van der Waals surface area contributed by atoms with Gasteiger partial charge in [0.1, 0.15) is 12.1 Å². The van der Waals surface area contributed by atoms with E-state index in [2.05, 4.69) is 5.32 Å². The fourth-order valence-corrected chi connectivity index (χ4v) is 2.74. The number of fused-ring (bicyclic) bond motifs is 1. The van der Waals surface area contributed by atoms with E-state index in [1.807, 2.05) is 52.1 Å². The van der Waals surface area contributed by atoms with Gasteiger partial charge in [-0.05, 0) is 33.8 Å². The van der Waals surface area contributed by atoms with Crippen LogP contribution in [0.2, 0.25) is 0 Å². The van der Waals surface area contributed by atoms with Crippen molar-refractivity contribution in [3.05, 3.63) is 35.6 Å². The van der Waals surface area contributed by atoms with Crippen LogP contribution in [0.1, 0.15) is 43.8 Å². The van der Waals surface area contributed by atoms with Crippen molar-refractivity contribution >= 4 is 22.8 Å². The number of hydrogen-bond donors (Lipinski definition) is 2. The number of furan rings is 1. The lowest BCUT2D eigenvalue weighted by Crippen LogP contribution is -3.09. The average Bonchev–Trinajstić information content (AvgIpc) is 2.84. The van der Waals surface area contributed by atoms with E-state index in [0.717, 1.165) is 15.8 Å². The molecule has 0 spiro atoms. The van der Waals surface area contributed by atoms with Gasteiger partial charge in [-0.25, -0.2) is 4.79 Å². The Morgan fingerprint density at radius 3 is 2.56 bits per heavy atom. The van der Waals surface area contributed by atoms with Crippen molar-refractivity contribution in [3.8, 4) is 0 Å². The van der Waals surface area contributed by atoms with Gasteiger partial charge >= 0.3 is 5.97 Å². The van der Waals surface area contributed by atoms with E-state index in [-0.39, 0.29) is 23.8 Å². The van der Waals surface area contributed by atoms with Crippen LogP contribution in [0.15, 0.2) is 28.7 Å². The number of ether oxygens (including phenoxy) is 1. The molecule has 2 rings (SSSR count). The van der Waals surface area contributed by atoms with E-state index in [1.165, 1.54) is 0 Å². The second-order valence-corrected chi connectivity index (χ2v) is 7.24. The monoisotopic (exact) mass is 347 g/mol. The molecule has 1 atom stereocenters. The van der Waals surface area contributed by atoms with Crippen LogP contribution < -0.4 is 10.2 Å². The maximum absolute atomic E-state index is 12.2. The summed E-state index contributed by atoms with van der Waals surface area (Å²) in [6, 6.07) is 7.50. The molecule has 0 aliphatic heterocycles. The first-order valence-corrected chi connectivity index (χ1v) is 8.51. The van der Waals surface area contributed by atoms with E-state index in [4.69, 9.17) is 9.15 Å². The number of quaternary nitrogens is 1. The van der Waals surface area contributed by atoms with Crippen LogP contribution in [-0.4, -0.2) is 37.6 Å². The second kappa shape index (κ2) is 7.70. The Balaban J connectivity index is 2.22. The highest BCUT2D eigenvalue weighted by Crippen LogP contribution is 2.25. The van der Waals surface area contributed by atoms with Gasteiger partial charge in [0, 0.05) is 10.9 Å². The average molecular weight is 347 g/mol. The first-order valence-electron chi connectivity index (χ1n) is 8.51. The largest absolute Gasteiger partial charge is 0.460 e. The summed E-state index contributed by atoms with van der Waals surface area (Å²) < 4.78 is 10.8. The van der Waals surface area contributed by atoms with Crippen molar-refractivity contribution in [2.24, 2.45) is 0 Å². The number of likely N-dealkylation sites (N-methyl/N-ethyl adjacent to an activating group) is 1. The number of carbonyl (C=O) groups is 2. The van der Waals surface area contributed by atoms with E-state index in [9.17, 15) is 9.59 Å². The Kier molecular flexibility index (Phi) is 5.85. The predicted molar refractivity (Wildman–Crippen MR) is 95.5 cm³/mol. The van der Waals surface area contributed by atoms with Gasteiger partial charge in [-0.1, -0.05) is 18.2 Å². The van der Waals surface area contributed by atoms with Crippen molar-refractivity contribution < 1.29 is 23.6 Å². The third-order valence-electron chi connectivity index (χ3n) is 3.61. The molecule has 1 heterocycles. The Morgan fingerprint density at radius 1 is 1.24 bits per heavy atom. The summed E-state index contributed by atoms with van der Waals surface area (Å²) in [5, 5.41) is 3.83. The fraction of sp³-hybridized carbons (Fsp3) is 0.474. The zero-order chi connectivity index (χ0) is 18.6. The minimum absolute atomic E-state index is 0.0320. The SMILES string of the molecule is CCOC(=O)c1oc2ccccc2c1C[NH+](C)CC(=O)NC(C)(C)C. The van der Waals surface area contributed by atoms with Gasteiger partial charge in [0.15, 0.2) is 6.54 Å². The number of esters is 1. The highest BCUT2D eigenvalue weighted by atomic mass is 16.5. The van der Waals surface area contributed by atoms with Crippen molar-refractivity contribution in [3.63, 3.8) is 0 Å². The zero-order valence-corrected chi connectivity index (χ0v) is 15.6. The van der Waals surface area contributed by atoms with Crippen LogP contribution in [0, 0.1) is 0 Å². The summed E-state index contributed by atoms with van der Waals surface area (Å²) in [6.45, 7) is 8.68. The maximum Gasteiger partial charge on any atom is 0.374 e. The van der Waals surface area contributed by atoms with Gasteiger partial charge in [0.2, 0.25) is 5.76 Å². The molecule has 0 saturated heterocycles. The second-order valence-electron chi connectivity index (χ2n) is 7.24. The lowest BCUT2D eigenvalue weighted by Gasteiger charge is -2.22. The minimum Gasteiger partial charge on any atom is -0.460 e. The number of benzene rings is 1. The summed E-state index contributed by atoms with van der Waals surface area (Å²) >= 11 is 0. The molecular formula is C19H27N2O4+. The lowest BCUT2D eigenvalue weighted by molar-refractivity contribution is -0.885. The molecule has 2 N–H and O–H groups in total. The van der Waals surface area contributed by atoms with Crippen LogP contribution in [0.25, 0.3) is 11.0 Å². The molecule has 0 fully saturated rings. The zero-order valence-electron chi connectivity index (χ0n) is 15.6. The van der Waals surface area contributed by atoms with Crippen LogP contribution in [0.3, 0.4) is 0 Å². The van der Waals surface area contributed by atoms with E-state index < -0.39 is 5.97 Å². The molecule has 0 saturated carbocycles. The molecule has 0 aliphatic carbocycles. The molecule has 136 valence electrons. The van der Waals surface area contributed by atoms with Gasteiger partial charge in [-0.15, -0.1) is 0 Å². The molecule has 0 aliphatic rings. The van der Waals surface area contributed by atoms with Crippen molar-refractivity contribution in [2.45, 2.75) is 39.8 Å². The Morgan fingerprint density at radius 2 is 1.92 bits per heavy atom. The van der Waals surface area contributed by atoms with Crippen LogP contribution >= 0.6 is 0 Å². The number of para-hydroxylation sites is 1. The molecule has 0 bridgehead atoms. The van der Waals surface area contributed by atoms with Crippen LogP contribution in [0.4, 0.5) is 0 Å². The van der Waals surface area contributed by atoms with Gasteiger partial charge < -0.3 is 19.4 Å². The molecule has 0 radical (unpaired) electrons. The first-order chi connectivity index (χ1) is 11.7. The molecule has 25 heavy (non-hydrogen) atoms. The smallest absolute Gasteiger partial charge is 0.374 e. The Labute approximate surface area is 148 Å². The molecule has 2 aromatic rings. The summed E-state index contributed by atoms with van der Waals surface area (Å²) in [6.07, 6.45) is 0. The lowest BCUT2D eigenvalue weighted by atomic mass is 10.1. The van der Waals surface area contributed by atoms with Crippen LogP contribution in [-0.2, 0) is 16.1 Å². The third-order valence-corrected chi connectivity index (χ3v) is 3.61. The predicted octanol–water partition coefficient (Wildman–Crippen LogP) is 1.54. The van der Waals surface area contributed by atoms with Gasteiger partial charge in [0.05, 0.1) is 19.2 Å². The first kappa shape index (κ1) is 19.0. The number of amides is 1. The van der Waals surface area contributed by atoms with Gasteiger partial charge in [0.25, 0.3) is 5.91 Å². The van der Waals surface area contributed by atoms with Crippen molar-refractivity contribution in [1.82, 2.24) is 5.32 Å². The Bertz CT molecular complexity index is 758. The fourth-order valence-electron chi connectivity index (χ4n) is 2.74. The molecule has 1 aromatic carbocycles. The number of nitrogens with one attached hydrogen (secondary N) is 2. The summed E-state index contributed by atoms with van der Waals surface area (Å²) in [7, 11) is 1.92. The summed E-state index contributed by atoms with van der Waals surface area (Å²) in [4.78, 5) is 25.3. The van der Waals surface area contributed by atoms with Crippen LogP contribution in [0.5, 0.6) is 0 Å². The minimum atomic E-state index is -0.472. The topological polar surface area (TPSA) is 73.0 Å². The van der Waals surface area contributed by atoms with E-state index >= 15 is 0 Å². The molecule has 1 amide bonds. The van der Waals surface area contributed by atoms with E-state index in [1.54, 1.807) is 6.92 Å². The van der Waals surface area contributed by atoms with Crippen molar-refractivity contribution in [1.29, 1.82) is 0 Å².